The number of hydrogen-bond acceptors (Lipinski definition) is 6. The number of piperidine rings is 2. The maximum Gasteiger partial charge on any atom is 0.0508 e. The van der Waals surface area contributed by atoms with Crippen molar-refractivity contribution in [3.05, 3.63) is 0 Å². The molecule has 0 aromatic heterocycles. The molecule has 0 atom stereocenters. The van der Waals surface area contributed by atoms with Crippen LogP contribution in [0.1, 0.15) is 38.5 Å². The van der Waals surface area contributed by atoms with Gasteiger partial charge in [-0.1, -0.05) is 12.8 Å². The van der Waals surface area contributed by atoms with Crippen molar-refractivity contribution >= 4 is 0 Å². The summed E-state index contributed by atoms with van der Waals surface area (Å²) in [5.41, 5.74) is 0. The molecular formula is C19H38N6. The topological polar surface area (TPSA) is 19.4 Å². The SMILES string of the molecule is C1CCN(N2CCN(CN3CCN(N4CCCCC4)CC3)CC2)CC1. The fraction of sp³-hybridized carbons (Fsp3) is 1.00. The van der Waals surface area contributed by atoms with Crippen molar-refractivity contribution in [1.29, 1.82) is 0 Å². The van der Waals surface area contributed by atoms with E-state index >= 15 is 0 Å². The van der Waals surface area contributed by atoms with Crippen molar-refractivity contribution in [2.75, 3.05) is 85.2 Å². The Bertz CT molecular complexity index is 341. The molecule has 0 aromatic rings. The highest BCUT2D eigenvalue weighted by Gasteiger charge is 2.27. The molecule has 0 unspecified atom stereocenters. The summed E-state index contributed by atoms with van der Waals surface area (Å²) < 4.78 is 0. The number of piperazine rings is 2. The van der Waals surface area contributed by atoms with Crippen LogP contribution in [0, 0.1) is 0 Å². The van der Waals surface area contributed by atoms with E-state index in [4.69, 9.17) is 0 Å². The lowest BCUT2D eigenvalue weighted by molar-refractivity contribution is -0.0910. The van der Waals surface area contributed by atoms with E-state index in [0.29, 0.717) is 0 Å². The zero-order valence-electron chi connectivity index (χ0n) is 16.1. The normalized spacial score (nSPS) is 30.7. The third kappa shape index (κ3) is 4.93. The van der Waals surface area contributed by atoms with Crippen molar-refractivity contribution in [3.8, 4) is 0 Å². The molecule has 4 heterocycles. The lowest BCUT2D eigenvalue weighted by atomic mass is 10.1. The summed E-state index contributed by atoms with van der Waals surface area (Å²) >= 11 is 0. The molecule has 6 heteroatoms. The molecule has 4 fully saturated rings. The molecule has 0 saturated carbocycles. The Morgan fingerprint density at radius 1 is 0.320 bits per heavy atom. The molecule has 0 radical (unpaired) electrons. The third-order valence-electron chi connectivity index (χ3n) is 6.56. The van der Waals surface area contributed by atoms with E-state index in [-0.39, 0.29) is 0 Å². The lowest BCUT2D eigenvalue weighted by Gasteiger charge is -2.46. The summed E-state index contributed by atoms with van der Waals surface area (Å²) in [5.74, 6) is 0. The number of nitrogens with zero attached hydrogens (tertiary/aromatic N) is 6. The smallest absolute Gasteiger partial charge is 0.0508 e. The molecule has 0 aliphatic carbocycles. The molecule has 4 aliphatic rings. The van der Waals surface area contributed by atoms with Crippen LogP contribution in [-0.4, -0.2) is 115 Å². The maximum atomic E-state index is 2.68. The summed E-state index contributed by atoms with van der Waals surface area (Å²) in [7, 11) is 0. The minimum absolute atomic E-state index is 1.18. The van der Waals surface area contributed by atoms with Crippen LogP contribution < -0.4 is 0 Å². The Kier molecular flexibility index (Phi) is 6.61. The van der Waals surface area contributed by atoms with Gasteiger partial charge >= 0.3 is 0 Å². The van der Waals surface area contributed by atoms with Crippen molar-refractivity contribution in [2.45, 2.75) is 38.5 Å². The zero-order chi connectivity index (χ0) is 16.9. The third-order valence-corrected chi connectivity index (χ3v) is 6.56. The first kappa shape index (κ1) is 18.1. The quantitative estimate of drug-likeness (QED) is 0.748. The van der Waals surface area contributed by atoms with Crippen molar-refractivity contribution in [2.24, 2.45) is 0 Å². The molecule has 0 spiro atoms. The predicted molar refractivity (Wildman–Crippen MR) is 102 cm³/mol. The van der Waals surface area contributed by atoms with Crippen LogP contribution in [0.25, 0.3) is 0 Å². The van der Waals surface area contributed by atoms with Gasteiger partial charge in [-0.3, -0.25) is 9.80 Å². The second-order valence-electron chi connectivity index (χ2n) is 8.31. The highest BCUT2D eigenvalue weighted by Crippen LogP contribution is 2.16. The highest BCUT2D eigenvalue weighted by atomic mass is 15.6. The minimum atomic E-state index is 1.18. The molecular weight excluding hydrogens is 312 g/mol. The Labute approximate surface area is 154 Å². The van der Waals surface area contributed by atoms with Gasteiger partial charge in [0.15, 0.2) is 0 Å². The van der Waals surface area contributed by atoms with Crippen LogP contribution in [-0.2, 0) is 0 Å². The van der Waals surface area contributed by atoms with Crippen LogP contribution in [0.2, 0.25) is 0 Å². The van der Waals surface area contributed by atoms with E-state index in [1.165, 1.54) is 124 Å². The highest BCUT2D eigenvalue weighted by molar-refractivity contribution is 4.77. The molecule has 0 amide bonds. The summed E-state index contributed by atoms with van der Waals surface area (Å²) in [6.45, 7) is 16.2. The second-order valence-corrected chi connectivity index (χ2v) is 8.31. The predicted octanol–water partition coefficient (Wildman–Crippen LogP) is 0.981. The van der Waals surface area contributed by atoms with Gasteiger partial charge in [0, 0.05) is 78.5 Å². The van der Waals surface area contributed by atoms with E-state index in [9.17, 15) is 0 Å². The van der Waals surface area contributed by atoms with Gasteiger partial charge in [0.2, 0.25) is 0 Å². The molecule has 144 valence electrons. The first-order chi connectivity index (χ1) is 12.4. The number of hydrazine groups is 2. The Balaban J connectivity index is 1.14. The molecule has 0 aromatic carbocycles. The molecule has 0 N–H and O–H groups in total. The molecule has 25 heavy (non-hydrogen) atoms. The van der Waals surface area contributed by atoms with Crippen LogP contribution in [0.5, 0.6) is 0 Å². The fourth-order valence-corrected chi connectivity index (χ4v) is 4.93. The van der Waals surface area contributed by atoms with Gasteiger partial charge in [-0.15, -0.1) is 0 Å². The summed E-state index contributed by atoms with van der Waals surface area (Å²) in [4.78, 5) is 5.36. The fourth-order valence-electron chi connectivity index (χ4n) is 4.93. The second kappa shape index (κ2) is 9.11. The summed E-state index contributed by atoms with van der Waals surface area (Å²) in [6, 6.07) is 0. The van der Waals surface area contributed by atoms with Gasteiger partial charge < -0.3 is 0 Å². The average Bonchev–Trinajstić information content (AvgIpc) is 2.71. The van der Waals surface area contributed by atoms with E-state index in [1.54, 1.807) is 0 Å². The minimum Gasteiger partial charge on any atom is -0.288 e. The summed E-state index contributed by atoms with van der Waals surface area (Å²) in [5, 5.41) is 10.5. The van der Waals surface area contributed by atoms with Gasteiger partial charge in [-0.25, -0.2) is 20.0 Å². The van der Waals surface area contributed by atoms with Gasteiger partial charge in [0.1, 0.15) is 0 Å². The largest absolute Gasteiger partial charge is 0.288 e. The number of hydrogen-bond donors (Lipinski definition) is 0. The molecule has 4 aliphatic heterocycles. The van der Waals surface area contributed by atoms with Gasteiger partial charge in [0.25, 0.3) is 0 Å². The average molecular weight is 351 g/mol. The summed E-state index contributed by atoms with van der Waals surface area (Å²) in [6.07, 6.45) is 8.42. The van der Waals surface area contributed by atoms with Crippen molar-refractivity contribution in [3.63, 3.8) is 0 Å². The Morgan fingerprint density at radius 2 is 0.640 bits per heavy atom. The Hall–Kier alpha value is -0.240. The van der Waals surface area contributed by atoms with Crippen LogP contribution in [0.3, 0.4) is 0 Å². The van der Waals surface area contributed by atoms with Crippen LogP contribution >= 0.6 is 0 Å². The molecule has 6 nitrogen and oxygen atoms in total. The van der Waals surface area contributed by atoms with Crippen molar-refractivity contribution in [1.82, 2.24) is 29.8 Å². The van der Waals surface area contributed by atoms with Crippen LogP contribution in [0.15, 0.2) is 0 Å². The molecule has 4 saturated heterocycles. The molecule has 4 rings (SSSR count). The first-order valence-corrected chi connectivity index (χ1v) is 10.8. The molecule has 0 bridgehead atoms. The van der Waals surface area contributed by atoms with Gasteiger partial charge in [-0.2, -0.15) is 0 Å². The standard InChI is InChI=1S/C19H38N6/c1-3-7-22(8-4-1)24-15-11-20(12-16-24)19-21-13-17-25(18-14-21)23-9-5-2-6-10-23/h1-19H2. The Morgan fingerprint density at radius 3 is 1.00 bits per heavy atom. The van der Waals surface area contributed by atoms with Gasteiger partial charge in [-0.05, 0) is 25.7 Å². The maximum absolute atomic E-state index is 2.68. The first-order valence-electron chi connectivity index (χ1n) is 10.8. The number of rotatable bonds is 4. The van der Waals surface area contributed by atoms with Crippen LogP contribution in [0.4, 0.5) is 0 Å². The van der Waals surface area contributed by atoms with Crippen molar-refractivity contribution < 1.29 is 0 Å². The monoisotopic (exact) mass is 350 g/mol. The van der Waals surface area contributed by atoms with E-state index in [2.05, 4.69) is 29.8 Å². The lowest BCUT2D eigenvalue weighted by Crippen LogP contribution is -2.59. The van der Waals surface area contributed by atoms with E-state index < -0.39 is 0 Å². The van der Waals surface area contributed by atoms with E-state index in [0.717, 1.165) is 0 Å². The zero-order valence-corrected chi connectivity index (χ0v) is 16.1. The van der Waals surface area contributed by atoms with Gasteiger partial charge in [0.05, 0.1) is 6.67 Å². The van der Waals surface area contributed by atoms with E-state index in [1.807, 2.05) is 0 Å².